The second-order valence-corrected chi connectivity index (χ2v) is 7.19. The van der Waals surface area contributed by atoms with E-state index in [0.717, 1.165) is 25.1 Å². The van der Waals surface area contributed by atoms with E-state index in [1.54, 1.807) is 16.4 Å². The highest BCUT2D eigenvalue weighted by Gasteiger charge is 2.31. The van der Waals surface area contributed by atoms with E-state index in [1.165, 1.54) is 5.56 Å². The minimum Gasteiger partial charge on any atom is -0.384 e. The molecule has 0 amide bonds. The van der Waals surface area contributed by atoms with E-state index in [1.807, 2.05) is 6.07 Å². The SMILES string of the molecule is CC1CCN(S(=O)(=O)c2ccc3c(c2)NCC3)C1. The molecule has 0 aliphatic carbocycles. The summed E-state index contributed by atoms with van der Waals surface area (Å²) < 4.78 is 26.6. The number of hydrogen-bond donors (Lipinski definition) is 1. The summed E-state index contributed by atoms with van der Waals surface area (Å²) in [5, 5.41) is 3.23. The number of rotatable bonds is 2. The van der Waals surface area contributed by atoms with Crippen molar-refractivity contribution in [2.45, 2.75) is 24.7 Å². The highest BCUT2D eigenvalue weighted by molar-refractivity contribution is 7.89. The van der Waals surface area contributed by atoms with Crippen molar-refractivity contribution in [2.24, 2.45) is 5.92 Å². The summed E-state index contributed by atoms with van der Waals surface area (Å²) in [5.74, 6) is 0.465. The van der Waals surface area contributed by atoms with Gasteiger partial charge >= 0.3 is 0 Å². The smallest absolute Gasteiger partial charge is 0.243 e. The van der Waals surface area contributed by atoms with Crippen molar-refractivity contribution < 1.29 is 8.42 Å². The predicted molar refractivity (Wildman–Crippen MR) is 71.2 cm³/mol. The summed E-state index contributed by atoms with van der Waals surface area (Å²) in [6.45, 7) is 4.29. The van der Waals surface area contributed by atoms with E-state index in [9.17, 15) is 8.42 Å². The maximum Gasteiger partial charge on any atom is 0.243 e. The van der Waals surface area contributed by atoms with Gasteiger partial charge in [-0.05, 0) is 36.5 Å². The number of nitrogens with zero attached hydrogens (tertiary/aromatic N) is 1. The Morgan fingerprint density at radius 2 is 2.22 bits per heavy atom. The Morgan fingerprint density at radius 1 is 1.39 bits per heavy atom. The van der Waals surface area contributed by atoms with Gasteiger partial charge in [-0.25, -0.2) is 8.42 Å². The van der Waals surface area contributed by atoms with Crippen molar-refractivity contribution in [1.82, 2.24) is 4.31 Å². The van der Waals surface area contributed by atoms with E-state index in [0.29, 0.717) is 23.9 Å². The summed E-state index contributed by atoms with van der Waals surface area (Å²) in [4.78, 5) is 0.421. The van der Waals surface area contributed by atoms with Crippen LogP contribution in [0.2, 0.25) is 0 Å². The fourth-order valence-corrected chi connectivity index (χ4v) is 4.29. The molecule has 1 aromatic rings. The predicted octanol–water partition coefficient (Wildman–Crippen LogP) is 1.69. The van der Waals surface area contributed by atoms with Gasteiger partial charge in [-0.15, -0.1) is 0 Å². The molecule has 2 heterocycles. The van der Waals surface area contributed by atoms with Gasteiger partial charge in [0.2, 0.25) is 10.0 Å². The van der Waals surface area contributed by atoms with Crippen LogP contribution in [0.4, 0.5) is 5.69 Å². The van der Waals surface area contributed by atoms with Crippen LogP contribution in [0.25, 0.3) is 0 Å². The lowest BCUT2D eigenvalue weighted by Gasteiger charge is -2.16. The second kappa shape index (κ2) is 4.24. The molecule has 1 unspecified atom stereocenters. The highest BCUT2D eigenvalue weighted by Crippen LogP contribution is 2.29. The van der Waals surface area contributed by atoms with Gasteiger partial charge in [-0.2, -0.15) is 4.31 Å². The van der Waals surface area contributed by atoms with Crippen LogP contribution >= 0.6 is 0 Å². The van der Waals surface area contributed by atoms with E-state index >= 15 is 0 Å². The number of fused-ring (bicyclic) bond motifs is 1. The molecule has 1 saturated heterocycles. The number of sulfonamides is 1. The van der Waals surface area contributed by atoms with Gasteiger partial charge in [0, 0.05) is 25.3 Å². The zero-order chi connectivity index (χ0) is 12.8. The molecule has 2 aliphatic heterocycles. The molecule has 1 atom stereocenters. The first-order chi connectivity index (χ1) is 8.57. The lowest BCUT2D eigenvalue weighted by Crippen LogP contribution is -2.28. The number of anilines is 1. The van der Waals surface area contributed by atoms with Crippen LogP contribution in [0.5, 0.6) is 0 Å². The minimum atomic E-state index is -3.30. The lowest BCUT2D eigenvalue weighted by molar-refractivity contribution is 0.464. The van der Waals surface area contributed by atoms with Crippen LogP contribution in [-0.2, 0) is 16.4 Å². The Bertz CT molecular complexity index is 568. The molecule has 1 aromatic carbocycles. The van der Waals surface area contributed by atoms with Crippen LogP contribution in [0, 0.1) is 5.92 Å². The molecule has 1 fully saturated rings. The summed E-state index contributed by atoms with van der Waals surface area (Å²) in [6, 6.07) is 5.45. The first-order valence-electron chi connectivity index (χ1n) is 6.44. The molecule has 0 aromatic heterocycles. The zero-order valence-corrected chi connectivity index (χ0v) is 11.3. The maximum atomic E-state index is 12.5. The first kappa shape index (κ1) is 12.0. The van der Waals surface area contributed by atoms with Gasteiger partial charge in [0.1, 0.15) is 0 Å². The van der Waals surface area contributed by atoms with Crippen molar-refractivity contribution >= 4 is 15.7 Å². The Hall–Kier alpha value is -1.07. The maximum absolute atomic E-state index is 12.5. The molecule has 0 bridgehead atoms. The fraction of sp³-hybridized carbons (Fsp3) is 0.538. The second-order valence-electron chi connectivity index (χ2n) is 5.25. The van der Waals surface area contributed by atoms with E-state index in [4.69, 9.17) is 0 Å². The average molecular weight is 266 g/mol. The molecule has 0 saturated carbocycles. The summed E-state index contributed by atoms with van der Waals surface area (Å²) in [6.07, 6.45) is 1.94. The average Bonchev–Trinajstić information content (AvgIpc) is 2.96. The third-order valence-electron chi connectivity index (χ3n) is 3.82. The molecular weight excluding hydrogens is 248 g/mol. The fourth-order valence-electron chi connectivity index (χ4n) is 2.69. The number of nitrogens with one attached hydrogen (secondary N) is 1. The zero-order valence-electron chi connectivity index (χ0n) is 10.5. The topological polar surface area (TPSA) is 49.4 Å². The largest absolute Gasteiger partial charge is 0.384 e. The first-order valence-corrected chi connectivity index (χ1v) is 7.88. The van der Waals surface area contributed by atoms with E-state index < -0.39 is 10.0 Å². The standard InChI is InChI=1S/C13H18N2O2S/c1-10-5-7-15(9-10)18(16,17)12-3-2-11-4-6-14-13(11)8-12/h2-3,8,10,14H,4-7,9H2,1H3. The molecule has 3 rings (SSSR count). The molecule has 2 aliphatic rings. The lowest BCUT2D eigenvalue weighted by atomic mass is 10.2. The van der Waals surface area contributed by atoms with Gasteiger partial charge in [0.15, 0.2) is 0 Å². The Labute approximate surface area is 108 Å². The van der Waals surface area contributed by atoms with Crippen LogP contribution < -0.4 is 5.32 Å². The van der Waals surface area contributed by atoms with Gasteiger partial charge < -0.3 is 5.32 Å². The Kier molecular flexibility index (Phi) is 2.83. The summed E-state index contributed by atoms with van der Waals surface area (Å²) >= 11 is 0. The third kappa shape index (κ3) is 1.91. The van der Waals surface area contributed by atoms with Crippen molar-refractivity contribution in [1.29, 1.82) is 0 Å². The molecular formula is C13H18N2O2S. The van der Waals surface area contributed by atoms with E-state index in [-0.39, 0.29) is 0 Å². The van der Waals surface area contributed by atoms with Crippen LogP contribution in [0.3, 0.4) is 0 Å². The third-order valence-corrected chi connectivity index (χ3v) is 5.68. The number of hydrogen-bond acceptors (Lipinski definition) is 3. The normalized spacial score (nSPS) is 23.9. The van der Waals surface area contributed by atoms with Crippen molar-refractivity contribution in [2.75, 3.05) is 25.0 Å². The Balaban J connectivity index is 1.94. The van der Waals surface area contributed by atoms with Crippen molar-refractivity contribution in [3.05, 3.63) is 23.8 Å². The van der Waals surface area contributed by atoms with Crippen LogP contribution in [0.15, 0.2) is 23.1 Å². The number of benzene rings is 1. The molecule has 0 spiro atoms. The quantitative estimate of drug-likeness (QED) is 0.886. The molecule has 18 heavy (non-hydrogen) atoms. The van der Waals surface area contributed by atoms with Gasteiger partial charge in [-0.3, -0.25) is 0 Å². The van der Waals surface area contributed by atoms with E-state index in [2.05, 4.69) is 12.2 Å². The molecule has 5 heteroatoms. The monoisotopic (exact) mass is 266 g/mol. The van der Waals surface area contributed by atoms with Crippen LogP contribution in [0.1, 0.15) is 18.9 Å². The molecule has 98 valence electrons. The summed E-state index contributed by atoms with van der Waals surface area (Å²) in [7, 11) is -3.30. The highest BCUT2D eigenvalue weighted by atomic mass is 32.2. The summed E-state index contributed by atoms with van der Waals surface area (Å²) in [5.41, 5.74) is 2.19. The molecule has 1 N–H and O–H groups in total. The minimum absolute atomic E-state index is 0.421. The Morgan fingerprint density at radius 3 is 2.94 bits per heavy atom. The van der Waals surface area contributed by atoms with Gasteiger partial charge in [0.25, 0.3) is 0 Å². The van der Waals surface area contributed by atoms with Crippen LogP contribution in [-0.4, -0.2) is 32.4 Å². The molecule has 0 radical (unpaired) electrons. The van der Waals surface area contributed by atoms with Gasteiger partial charge in [-0.1, -0.05) is 13.0 Å². The molecule has 4 nitrogen and oxygen atoms in total. The van der Waals surface area contributed by atoms with Crippen molar-refractivity contribution in [3.8, 4) is 0 Å². The van der Waals surface area contributed by atoms with Crippen molar-refractivity contribution in [3.63, 3.8) is 0 Å². The van der Waals surface area contributed by atoms with Gasteiger partial charge in [0.05, 0.1) is 4.90 Å².